The van der Waals surface area contributed by atoms with Crippen molar-refractivity contribution >= 4 is 23.3 Å². The second kappa shape index (κ2) is 7.47. The van der Waals surface area contributed by atoms with E-state index >= 15 is 0 Å². The molecule has 4 aliphatic rings. The number of aliphatic hydroxyl groups is 3. The SMILES string of the molecule is CC12CC(O)CCC1C(=O)C=C1C2CCC2(C)[C@@H](C(=O)CSCCO)CC[C@@]12O. The topological polar surface area (TPSA) is 94.8 Å². The van der Waals surface area contributed by atoms with Crippen LogP contribution >= 0.6 is 11.8 Å². The predicted octanol–water partition coefficient (Wildman–Crippen LogP) is 2.51. The molecule has 3 saturated carbocycles. The Morgan fingerprint density at radius 2 is 1.93 bits per heavy atom. The number of aliphatic hydroxyl groups excluding tert-OH is 2. The van der Waals surface area contributed by atoms with Crippen LogP contribution in [0.2, 0.25) is 0 Å². The molecule has 4 rings (SSSR count). The third-order valence-corrected chi connectivity index (χ3v) is 9.84. The van der Waals surface area contributed by atoms with E-state index in [-0.39, 0.29) is 47.4 Å². The monoisotopic (exact) mass is 422 g/mol. The highest BCUT2D eigenvalue weighted by atomic mass is 32.2. The molecular weight excluding hydrogens is 388 g/mol. The Kier molecular flexibility index (Phi) is 5.55. The fraction of sp³-hybridized carbons (Fsp3) is 0.826. The number of carbonyl (C=O) groups is 2. The van der Waals surface area contributed by atoms with Gasteiger partial charge in [-0.15, -0.1) is 0 Å². The van der Waals surface area contributed by atoms with Crippen molar-refractivity contribution < 1.29 is 24.9 Å². The van der Waals surface area contributed by atoms with E-state index in [1.54, 1.807) is 6.08 Å². The van der Waals surface area contributed by atoms with Crippen molar-refractivity contribution in [2.24, 2.45) is 28.6 Å². The molecule has 5 unspecified atom stereocenters. The van der Waals surface area contributed by atoms with E-state index in [1.165, 1.54) is 11.8 Å². The van der Waals surface area contributed by atoms with E-state index in [0.29, 0.717) is 37.2 Å². The van der Waals surface area contributed by atoms with Crippen LogP contribution in [0.15, 0.2) is 11.6 Å². The number of allylic oxidation sites excluding steroid dienone is 1. The number of carbonyl (C=O) groups excluding carboxylic acids is 2. The minimum Gasteiger partial charge on any atom is -0.396 e. The van der Waals surface area contributed by atoms with E-state index in [2.05, 4.69) is 6.92 Å². The highest BCUT2D eigenvalue weighted by Gasteiger charge is 2.66. The van der Waals surface area contributed by atoms with Gasteiger partial charge in [0, 0.05) is 23.0 Å². The normalized spacial score (nSPS) is 46.5. The summed E-state index contributed by atoms with van der Waals surface area (Å²) in [5.74, 6) is 0.972. The third kappa shape index (κ3) is 3.08. The molecule has 6 heteroatoms. The van der Waals surface area contributed by atoms with E-state index < -0.39 is 11.0 Å². The van der Waals surface area contributed by atoms with Crippen LogP contribution in [0.3, 0.4) is 0 Å². The summed E-state index contributed by atoms with van der Waals surface area (Å²) in [6.07, 6.45) is 6.12. The molecule has 29 heavy (non-hydrogen) atoms. The first kappa shape index (κ1) is 21.5. The predicted molar refractivity (Wildman–Crippen MR) is 112 cm³/mol. The van der Waals surface area contributed by atoms with Gasteiger partial charge in [0.25, 0.3) is 0 Å². The van der Waals surface area contributed by atoms with E-state index in [4.69, 9.17) is 5.11 Å². The zero-order valence-electron chi connectivity index (χ0n) is 17.5. The molecule has 0 aromatic heterocycles. The number of thioether (sulfide) groups is 1. The van der Waals surface area contributed by atoms with Crippen molar-refractivity contribution in [3.8, 4) is 0 Å². The summed E-state index contributed by atoms with van der Waals surface area (Å²) < 4.78 is 0. The number of fused-ring (bicyclic) bond motifs is 5. The van der Waals surface area contributed by atoms with Crippen LogP contribution in [0.4, 0.5) is 0 Å². The zero-order valence-corrected chi connectivity index (χ0v) is 18.3. The minimum atomic E-state index is -1.12. The van der Waals surface area contributed by atoms with Crippen LogP contribution in [0, 0.1) is 28.6 Å². The largest absolute Gasteiger partial charge is 0.396 e. The van der Waals surface area contributed by atoms with Gasteiger partial charge in [-0.05, 0) is 67.9 Å². The van der Waals surface area contributed by atoms with Gasteiger partial charge in [0.2, 0.25) is 0 Å². The van der Waals surface area contributed by atoms with Gasteiger partial charge in [0.15, 0.2) is 5.78 Å². The molecule has 0 heterocycles. The Bertz CT molecular complexity index is 735. The molecule has 0 aliphatic heterocycles. The molecule has 4 aliphatic carbocycles. The number of rotatable bonds is 5. The summed E-state index contributed by atoms with van der Waals surface area (Å²) in [5, 5.41) is 31.3. The van der Waals surface area contributed by atoms with Crippen molar-refractivity contribution in [2.75, 3.05) is 18.1 Å². The van der Waals surface area contributed by atoms with Gasteiger partial charge in [-0.25, -0.2) is 0 Å². The van der Waals surface area contributed by atoms with Gasteiger partial charge in [0.1, 0.15) is 5.78 Å². The smallest absolute Gasteiger partial charge is 0.159 e. The third-order valence-electron chi connectivity index (χ3n) is 8.88. The summed E-state index contributed by atoms with van der Waals surface area (Å²) >= 11 is 1.45. The molecule has 0 spiro atoms. The van der Waals surface area contributed by atoms with Crippen molar-refractivity contribution in [1.29, 1.82) is 0 Å². The maximum absolute atomic E-state index is 13.1. The molecule has 7 atom stereocenters. The number of ketones is 2. The lowest BCUT2D eigenvalue weighted by Gasteiger charge is -2.59. The molecule has 0 radical (unpaired) electrons. The van der Waals surface area contributed by atoms with Crippen molar-refractivity contribution in [3.63, 3.8) is 0 Å². The van der Waals surface area contributed by atoms with Crippen LogP contribution in [-0.2, 0) is 9.59 Å². The van der Waals surface area contributed by atoms with Crippen molar-refractivity contribution in [3.05, 3.63) is 11.6 Å². The van der Waals surface area contributed by atoms with Gasteiger partial charge in [-0.1, -0.05) is 13.8 Å². The molecule has 0 amide bonds. The molecule has 0 bridgehead atoms. The van der Waals surface area contributed by atoms with E-state index in [1.807, 2.05) is 6.92 Å². The first-order valence-corrected chi connectivity index (χ1v) is 12.2. The fourth-order valence-electron chi connectivity index (χ4n) is 7.29. The number of hydrogen-bond donors (Lipinski definition) is 3. The van der Waals surface area contributed by atoms with E-state index in [9.17, 15) is 19.8 Å². The molecule has 3 fully saturated rings. The Labute approximate surface area is 177 Å². The lowest BCUT2D eigenvalue weighted by atomic mass is 9.46. The standard InChI is InChI=1S/C23H34O5S/c1-21-12-14(25)3-4-16(21)19(26)11-18-15(21)5-7-22(2)17(6-8-23(18,22)28)20(27)13-29-10-9-24/h11,14-17,24-25,28H,3-10,12-13H2,1-2H3/t14?,15?,16?,17-,21?,22?,23-/m1/s1. The van der Waals surface area contributed by atoms with Gasteiger partial charge in [-0.2, -0.15) is 11.8 Å². The van der Waals surface area contributed by atoms with Crippen molar-refractivity contribution in [1.82, 2.24) is 0 Å². The molecule has 0 aromatic carbocycles. The fourth-order valence-corrected chi connectivity index (χ4v) is 7.97. The highest BCUT2D eigenvalue weighted by Crippen LogP contribution is 2.67. The molecular formula is C23H34O5S. The summed E-state index contributed by atoms with van der Waals surface area (Å²) in [7, 11) is 0. The number of hydrogen-bond acceptors (Lipinski definition) is 6. The lowest BCUT2D eigenvalue weighted by molar-refractivity contribution is -0.143. The second-order valence-electron chi connectivity index (χ2n) is 10.2. The lowest BCUT2D eigenvalue weighted by Crippen LogP contribution is -2.59. The minimum absolute atomic E-state index is 0.0616. The zero-order chi connectivity index (χ0) is 21.0. The van der Waals surface area contributed by atoms with Crippen LogP contribution in [0.5, 0.6) is 0 Å². The number of Topliss-reactive ketones (excluding diaryl/α,β-unsaturated/α-hetero) is 1. The summed E-state index contributed by atoms with van der Waals surface area (Å²) in [5.41, 5.74) is -1.15. The molecule has 3 N–H and O–H groups in total. The quantitative estimate of drug-likeness (QED) is 0.590. The van der Waals surface area contributed by atoms with Gasteiger partial charge < -0.3 is 15.3 Å². The van der Waals surface area contributed by atoms with Crippen LogP contribution < -0.4 is 0 Å². The highest BCUT2D eigenvalue weighted by molar-refractivity contribution is 7.99. The summed E-state index contributed by atoms with van der Waals surface area (Å²) in [6.45, 7) is 4.22. The average molecular weight is 423 g/mol. The molecule has 5 nitrogen and oxygen atoms in total. The first-order valence-electron chi connectivity index (χ1n) is 11.0. The van der Waals surface area contributed by atoms with Crippen molar-refractivity contribution in [2.45, 2.75) is 70.5 Å². The Balaban J connectivity index is 1.66. The van der Waals surface area contributed by atoms with Gasteiger partial charge >= 0.3 is 0 Å². The van der Waals surface area contributed by atoms with Gasteiger partial charge in [0.05, 0.1) is 24.1 Å². The molecule has 162 valence electrons. The van der Waals surface area contributed by atoms with E-state index in [0.717, 1.165) is 24.8 Å². The Morgan fingerprint density at radius 1 is 1.17 bits per heavy atom. The summed E-state index contributed by atoms with van der Waals surface area (Å²) in [4.78, 5) is 26.0. The van der Waals surface area contributed by atoms with Crippen LogP contribution in [0.25, 0.3) is 0 Å². The van der Waals surface area contributed by atoms with Crippen LogP contribution in [-0.4, -0.2) is 56.7 Å². The maximum atomic E-state index is 13.1. The Morgan fingerprint density at radius 3 is 2.66 bits per heavy atom. The summed E-state index contributed by atoms with van der Waals surface area (Å²) in [6, 6.07) is 0. The molecule has 0 saturated heterocycles. The Hall–Kier alpha value is -0.690. The average Bonchev–Trinajstić information content (AvgIpc) is 2.93. The maximum Gasteiger partial charge on any atom is 0.159 e. The first-order chi connectivity index (χ1) is 13.7. The van der Waals surface area contributed by atoms with Crippen LogP contribution in [0.1, 0.15) is 58.8 Å². The molecule has 0 aromatic rings. The van der Waals surface area contributed by atoms with Gasteiger partial charge in [-0.3, -0.25) is 9.59 Å². The second-order valence-corrected chi connectivity index (χ2v) is 11.3.